The summed E-state index contributed by atoms with van der Waals surface area (Å²) in [6, 6.07) is 4.28. The zero-order chi connectivity index (χ0) is 14.6. The van der Waals surface area contributed by atoms with Gasteiger partial charge in [-0.25, -0.2) is 8.42 Å². The summed E-state index contributed by atoms with van der Waals surface area (Å²) in [6.45, 7) is 1.90. The lowest BCUT2D eigenvalue weighted by molar-refractivity contribution is -0.122. The first kappa shape index (κ1) is 15.9. The highest BCUT2D eigenvalue weighted by Crippen LogP contribution is 2.23. The molecule has 1 rings (SSSR count). The van der Waals surface area contributed by atoms with Crippen LogP contribution in [0, 0.1) is 0 Å². The average molecular weight is 305 g/mol. The predicted octanol–water partition coefficient (Wildman–Crippen LogP) is 0.968. The second-order valence-electron chi connectivity index (χ2n) is 4.21. The van der Waals surface area contributed by atoms with Crippen molar-refractivity contribution in [2.45, 2.75) is 24.4 Å². The maximum absolute atomic E-state index is 11.7. The third-order valence-corrected chi connectivity index (χ3v) is 4.24. The van der Waals surface area contributed by atoms with Crippen molar-refractivity contribution in [1.82, 2.24) is 10.6 Å². The molecule has 5 nitrogen and oxygen atoms in total. The quantitative estimate of drug-likeness (QED) is 0.850. The molecule has 0 radical (unpaired) electrons. The van der Waals surface area contributed by atoms with Gasteiger partial charge in [0.2, 0.25) is 5.91 Å². The molecule has 0 saturated heterocycles. The van der Waals surface area contributed by atoms with Gasteiger partial charge in [0.15, 0.2) is 9.84 Å². The van der Waals surface area contributed by atoms with Gasteiger partial charge < -0.3 is 10.6 Å². The highest BCUT2D eigenvalue weighted by Gasteiger charge is 2.17. The first-order valence-corrected chi connectivity index (χ1v) is 7.96. The maximum Gasteiger partial charge on any atom is 0.236 e. The van der Waals surface area contributed by atoms with E-state index in [1.54, 1.807) is 19.1 Å². The lowest BCUT2D eigenvalue weighted by Crippen LogP contribution is -2.40. The van der Waals surface area contributed by atoms with E-state index in [1.807, 2.05) is 0 Å². The number of hydrogen-bond acceptors (Lipinski definition) is 4. The minimum absolute atomic E-state index is 0.173. The summed E-state index contributed by atoms with van der Waals surface area (Å²) in [7, 11) is -1.82. The van der Waals surface area contributed by atoms with Crippen LogP contribution in [0.4, 0.5) is 0 Å². The largest absolute Gasteiger partial charge is 0.358 e. The fourth-order valence-corrected chi connectivity index (χ4v) is 2.88. The lowest BCUT2D eigenvalue weighted by Gasteiger charge is -2.15. The summed E-state index contributed by atoms with van der Waals surface area (Å²) in [5, 5.41) is 5.81. The Kier molecular flexibility index (Phi) is 5.34. The van der Waals surface area contributed by atoms with Crippen LogP contribution in [0.2, 0.25) is 5.02 Å². The van der Waals surface area contributed by atoms with E-state index in [0.29, 0.717) is 10.6 Å². The van der Waals surface area contributed by atoms with Crippen molar-refractivity contribution < 1.29 is 13.2 Å². The smallest absolute Gasteiger partial charge is 0.236 e. The van der Waals surface area contributed by atoms with Gasteiger partial charge in [-0.05, 0) is 19.1 Å². The van der Waals surface area contributed by atoms with Crippen LogP contribution in [0.3, 0.4) is 0 Å². The van der Waals surface area contributed by atoms with Crippen LogP contribution in [0.25, 0.3) is 0 Å². The van der Waals surface area contributed by atoms with E-state index < -0.39 is 15.9 Å². The average Bonchev–Trinajstić information content (AvgIpc) is 2.34. The molecule has 0 aliphatic carbocycles. The Labute approximate surface area is 118 Å². The molecule has 0 aromatic heterocycles. The molecule has 0 bridgehead atoms. The number of carbonyl (C=O) groups is 1. The van der Waals surface area contributed by atoms with Crippen molar-refractivity contribution in [3.05, 3.63) is 28.8 Å². The number of sulfone groups is 1. The second-order valence-corrected chi connectivity index (χ2v) is 6.60. The van der Waals surface area contributed by atoms with E-state index >= 15 is 0 Å². The normalized spacial score (nSPS) is 13.1. The standard InChI is InChI=1S/C12H17ClN2O3S/c1-8(12(16)14-2)15-7-9-10(13)5-4-6-11(9)19(3,17)18/h4-6,8,15H,7H2,1-3H3,(H,14,16). The van der Waals surface area contributed by atoms with Gasteiger partial charge in [-0.15, -0.1) is 0 Å². The highest BCUT2D eigenvalue weighted by molar-refractivity contribution is 7.90. The van der Waals surface area contributed by atoms with Gasteiger partial charge in [-0.1, -0.05) is 17.7 Å². The monoisotopic (exact) mass is 304 g/mol. The van der Waals surface area contributed by atoms with Crippen LogP contribution in [-0.4, -0.2) is 33.7 Å². The number of amides is 1. The molecule has 0 fully saturated rings. The number of nitrogens with one attached hydrogen (secondary N) is 2. The molecule has 2 N–H and O–H groups in total. The van der Waals surface area contributed by atoms with E-state index in [9.17, 15) is 13.2 Å². The summed E-state index contributed by atoms with van der Waals surface area (Å²) in [5.41, 5.74) is 0.474. The molecule has 0 aliphatic heterocycles. The molecule has 1 unspecified atom stereocenters. The second kappa shape index (κ2) is 6.36. The zero-order valence-electron chi connectivity index (χ0n) is 11.0. The minimum atomic E-state index is -3.35. The van der Waals surface area contributed by atoms with Crippen molar-refractivity contribution in [2.24, 2.45) is 0 Å². The van der Waals surface area contributed by atoms with Crippen LogP contribution in [-0.2, 0) is 21.2 Å². The Morgan fingerprint density at radius 2 is 2.05 bits per heavy atom. The van der Waals surface area contributed by atoms with E-state index in [-0.39, 0.29) is 17.3 Å². The van der Waals surface area contributed by atoms with Gasteiger partial charge in [0.05, 0.1) is 10.9 Å². The molecule has 106 valence electrons. The molecule has 1 amide bonds. The molecule has 19 heavy (non-hydrogen) atoms. The van der Waals surface area contributed by atoms with Crippen molar-refractivity contribution in [1.29, 1.82) is 0 Å². The molecular formula is C12H17ClN2O3S. The summed E-state index contributed by atoms with van der Waals surface area (Å²) < 4.78 is 23.3. The van der Waals surface area contributed by atoms with Crippen LogP contribution >= 0.6 is 11.6 Å². The summed E-state index contributed by atoms with van der Waals surface area (Å²) in [4.78, 5) is 11.6. The Hall–Kier alpha value is -1.11. The first-order valence-electron chi connectivity index (χ1n) is 5.69. The number of hydrogen-bond donors (Lipinski definition) is 2. The summed E-state index contributed by atoms with van der Waals surface area (Å²) in [5.74, 6) is -0.173. The Morgan fingerprint density at radius 1 is 1.42 bits per heavy atom. The number of halogens is 1. The zero-order valence-corrected chi connectivity index (χ0v) is 12.6. The SMILES string of the molecule is CNC(=O)C(C)NCc1c(Cl)cccc1S(C)(=O)=O. The van der Waals surface area contributed by atoms with Crippen molar-refractivity contribution in [2.75, 3.05) is 13.3 Å². The number of benzene rings is 1. The van der Waals surface area contributed by atoms with Crippen LogP contribution in [0.1, 0.15) is 12.5 Å². The molecule has 1 aromatic carbocycles. The third-order valence-electron chi connectivity index (χ3n) is 2.70. The van der Waals surface area contributed by atoms with Crippen molar-refractivity contribution >= 4 is 27.3 Å². The minimum Gasteiger partial charge on any atom is -0.358 e. The molecular weight excluding hydrogens is 288 g/mol. The van der Waals surface area contributed by atoms with E-state index in [2.05, 4.69) is 10.6 Å². The molecule has 7 heteroatoms. The Balaban J connectivity index is 2.99. The van der Waals surface area contributed by atoms with E-state index in [0.717, 1.165) is 6.26 Å². The topological polar surface area (TPSA) is 75.3 Å². The van der Waals surface area contributed by atoms with Crippen LogP contribution in [0.15, 0.2) is 23.1 Å². The third kappa shape index (κ3) is 4.19. The highest BCUT2D eigenvalue weighted by atomic mass is 35.5. The maximum atomic E-state index is 11.7. The van der Waals surface area contributed by atoms with Gasteiger partial charge in [-0.3, -0.25) is 4.79 Å². The van der Waals surface area contributed by atoms with Crippen LogP contribution in [0.5, 0.6) is 0 Å². The Morgan fingerprint density at radius 3 is 2.58 bits per heavy atom. The molecule has 1 atom stereocenters. The van der Waals surface area contributed by atoms with E-state index in [4.69, 9.17) is 11.6 Å². The lowest BCUT2D eigenvalue weighted by atomic mass is 10.2. The fourth-order valence-electron chi connectivity index (χ4n) is 1.62. The molecule has 1 aromatic rings. The number of carbonyl (C=O) groups excluding carboxylic acids is 1. The van der Waals surface area contributed by atoms with Gasteiger partial charge in [0.1, 0.15) is 0 Å². The van der Waals surface area contributed by atoms with E-state index in [1.165, 1.54) is 13.1 Å². The van der Waals surface area contributed by atoms with Gasteiger partial charge in [-0.2, -0.15) is 0 Å². The molecule has 0 saturated carbocycles. The first-order chi connectivity index (χ1) is 8.77. The molecule has 0 spiro atoms. The number of rotatable bonds is 5. The van der Waals surface area contributed by atoms with Crippen LogP contribution < -0.4 is 10.6 Å². The van der Waals surface area contributed by atoms with Gasteiger partial charge in [0, 0.05) is 30.4 Å². The van der Waals surface area contributed by atoms with Crippen molar-refractivity contribution in [3.8, 4) is 0 Å². The molecule has 0 aliphatic rings. The van der Waals surface area contributed by atoms with Gasteiger partial charge in [0.25, 0.3) is 0 Å². The molecule has 0 heterocycles. The summed E-state index contributed by atoms with van der Waals surface area (Å²) >= 11 is 6.03. The number of likely N-dealkylation sites (N-methyl/N-ethyl adjacent to an activating group) is 1. The Bertz CT molecular complexity index is 572. The fraction of sp³-hybridized carbons (Fsp3) is 0.417. The van der Waals surface area contributed by atoms with Gasteiger partial charge >= 0.3 is 0 Å². The van der Waals surface area contributed by atoms with Crippen molar-refractivity contribution in [3.63, 3.8) is 0 Å². The predicted molar refractivity (Wildman–Crippen MR) is 74.9 cm³/mol. The summed E-state index contributed by atoms with van der Waals surface area (Å²) in [6.07, 6.45) is 1.13.